The first kappa shape index (κ1) is 23.0. The summed E-state index contributed by atoms with van der Waals surface area (Å²) in [5.74, 6) is -1.04. The summed E-state index contributed by atoms with van der Waals surface area (Å²) in [4.78, 5) is 38.2. The van der Waals surface area contributed by atoms with E-state index in [2.05, 4.69) is 15.7 Å². The fourth-order valence-electron chi connectivity index (χ4n) is 4.04. The Hall–Kier alpha value is -4.79. The van der Waals surface area contributed by atoms with E-state index < -0.39 is 6.03 Å². The zero-order valence-electron chi connectivity index (χ0n) is 19.1. The highest BCUT2D eigenvalue weighted by atomic mass is 19.1. The molecule has 2 heterocycles. The van der Waals surface area contributed by atoms with Crippen LogP contribution in [0.4, 0.5) is 9.18 Å². The van der Waals surface area contributed by atoms with E-state index in [0.29, 0.717) is 22.4 Å². The zero-order valence-corrected chi connectivity index (χ0v) is 19.1. The lowest BCUT2D eigenvalue weighted by molar-refractivity contribution is -0.125. The molecule has 8 nitrogen and oxygen atoms in total. The van der Waals surface area contributed by atoms with Gasteiger partial charge in [-0.15, -0.1) is 0 Å². The fourth-order valence-corrected chi connectivity index (χ4v) is 4.04. The third kappa shape index (κ3) is 4.72. The summed E-state index contributed by atoms with van der Waals surface area (Å²) in [5.41, 5.74) is 3.84. The minimum atomic E-state index is -0.479. The van der Waals surface area contributed by atoms with Gasteiger partial charge in [0, 0.05) is 29.4 Å². The number of carbonyl (C=O) groups is 3. The molecular weight excluding hydrogens is 461 g/mol. The number of aromatic nitrogens is 2. The molecule has 2 N–H and O–H groups in total. The van der Waals surface area contributed by atoms with Crippen molar-refractivity contribution in [3.63, 3.8) is 0 Å². The van der Waals surface area contributed by atoms with Gasteiger partial charge in [0.05, 0.1) is 24.5 Å². The lowest BCUT2D eigenvalue weighted by Gasteiger charge is -2.15. The van der Waals surface area contributed by atoms with Gasteiger partial charge in [-0.05, 0) is 48.0 Å². The van der Waals surface area contributed by atoms with Crippen molar-refractivity contribution in [3.05, 3.63) is 108 Å². The van der Waals surface area contributed by atoms with Crippen LogP contribution < -0.4 is 10.6 Å². The molecule has 5 rings (SSSR count). The predicted octanol–water partition coefficient (Wildman–Crippen LogP) is 3.66. The summed E-state index contributed by atoms with van der Waals surface area (Å²) in [7, 11) is 0. The Morgan fingerprint density at radius 3 is 2.39 bits per heavy atom. The molecule has 1 fully saturated rings. The maximum atomic E-state index is 13.5. The molecule has 0 atom stereocenters. The molecule has 4 amide bonds. The number of hydrogen-bond donors (Lipinski definition) is 2. The predicted molar refractivity (Wildman–Crippen MR) is 131 cm³/mol. The van der Waals surface area contributed by atoms with E-state index in [1.807, 2.05) is 36.5 Å². The van der Waals surface area contributed by atoms with Gasteiger partial charge in [-0.1, -0.05) is 36.4 Å². The molecule has 1 aliphatic heterocycles. The number of rotatable bonds is 7. The van der Waals surface area contributed by atoms with Gasteiger partial charge in [0.25, 0.3) is 5.91 Å². The SMILES string of the molecule is O=C(NCc1cn(-c2ccccc2)nc1-c1ccc(F)cc1)c1ccccc1CN1C(=O)CNC1=O. The Bertz CT molecular complexity index is 1420. The number of carbonyl (C=O) groups excluding carboxylic acids is 3. The summed E-state index contributed by atoms with van der Waals surface area (Å²) in [6.07, 6.45) is 1.83. The Kier molecular flexibility index (Phi) is 6.27. The van der Waals surface area contributed by atoms with Gasteiger partial charge < -0.3 is 10.6 Å². The summed E-state index contributed by atoms with van der Waals surface area (Å²) >= 11 is 0. The third-order valence-corrected chi connectivity index (χ3v) is 5.90. The van der Waals surface area contributed by atoms with Crippen molar-refractivity contribution in [1.82, 2.24) is 25.3 Å². The average Bonchev–Trinajstić information content (AvgIpc) is 3.47. The second-order valence-electron chi connectivity index (χ2n) is 8.27. The molecule has 0 saturated carbocycles. The van der Waals surface area contributed by atoms with Crippen molar-refractivity contribution in [3.8, 4) is 16.9 Å². The minimum Gasteiger partial charge on any atom is -0.348 e. The first-order valence-electron chi connectivity index (χ1n) is 11.3. The van der Waals surface area contributed by atoms with Gasteiger partial charge in [-0.25, -0.2) is 13.9 Å². The number of urea groups is 1. The van der Waals surface area contributed by atoms with Crippen LogP contribution in [0.5, 0.6) is 0 Å². The molecule has 1 aromatic heterocycles. The van der Waals surface area contributed by atoms with Crippen molar-refractivity contribution in [2.45, 2.75) is 13.1 Å². The Morgan fingerprint density at radius 1 is 0.944 bits per heavy atom. The second-order valence-corrected chi connectivity index (χ2v) is 8.27. The number of halogens is 1. The van der Waals surface area contributed by atoms with E-state index in [4.69, 9.17) is 0 Å². The largest absolute Gasteiger partial charge is 0.348 e. The van der Waals surface area contributed by atoms with Crippen molar-refractivity contribution in [1.29, 1.82) is 0 Å². The van der Waals surface area contributed by atoms with Crippen LogP contribution in [-0.4, -0.2) is 39.1 Å². The standard InChI is InChI=1S/C27H22FN5O3/c28-21-12-10-18(11-13-21)25-20(17-33(31-25)22-7-2-1-3-8-22)14-29-26(35)23-9-5-4-6-19(23)16-32-24(34)15-30-27(32)36/h1-13,17H,14-16H2,(H,29,35)(H,30,36). The smallest absolute Gasteiger partial charge is 0.324 e. The summed E-state index contributed by atoms with van der Waals surface area (Å²) in [6.45, 7) is 0.113. The molecular formula is C27H22FN5O3. The molecule has 1 aliphatic rings. The number of amides is 4. The molecule has 4 aromatic rings. The Labute approximate surface area is 206 Å². The molecule has 0 bridgehead atoms. The second kappa shape index (κ2) is 9.83. The fraction of sp³-hybridized carbons (Fsp3) is 0.111. The van der Waals surface area contributed by atoms with Crippen LogP contribution in [0.15, 0.2) is 85.1 Å². The van der Waals surface area contributed by atoms with Crippen LogP contribution >= 0.6 is 0 Å². The van der Waals surface area contributed by atoms with E-state index in [9.17, 15) is 18.8 Å². The highest BCUT2D eigenvalue weighted by Crippen LogP contribution is 2.24. The van der Waals surface area contributed by atoms with Crippen LogP contribution in [0.25, 0.3) is 16.9 Å². The highest BCUT2D eigenvalue weighted by molar-refractivity contribution is 6.02. The number of benzene rings is 3. The molecule has 0 radical (unpaired) electrons. The van der Waals surface area contributed by atoms with Crippen molar-refractivity contribution >= 4 is 17.8 Å². The summed E-state index contributed by atoms with van der Waals surface area (Å²) in [6, 6.07) is 21.9. The maximum Gasteiger partial charge on any atom is 0.324 e. The molecule has 0 spiro atoms. The van der Waals surface area contributed by atoms with Gasteiger partial charge in [0.2, 0.25) is 5.91 Å². The van der Waals surface area contributed by atoms with Gasteiger partial charge >= 0.3 is 6.03 Å². The van der Waals surface area contributed by atoms with E-state index in [0.717, 1.165) is 16.2 Å². The van der Waals surface area contributed by atoms with Crippen molar-refractivity contribution < 1.29 is 18.8 Å². The third-order valence-electron chi connectivity index (χ3n) is 5.90. The number of imide groups is 1. The number of hydrogen-bond acceptors (Lipinski definition) is 4. The molecule has 9 heteroatoms. The van der Waals surface area contributed by atoms with Crippen LogP contribution in [0.1, 0.15) is 21.5 Å². The first-order valence-corrected chi connectivity index (χ1v) is 11.3. The summed E-state index contributed by atoms with van der Waals surface area (Å²) in [5, 5.41) is 10.1. The van der Waals surface area contributed by atoms with Crippen molar-refractivity contribution in [2.75, 3.05) is 6.54 Å². The lowest BCUT2D eigenvalue weighted by Crippen LogP contribution is -2.32. The number of para-hydroxylation sites is 1. The quantitative estimate of drug-likeness (QED) is 0.392. The minimum absolute atomic E-state index is 0.00102. The maximum absolute atomic E-state index is 13.5. The molecule has 3 aromatic carbocycles. The zero-order chi connectivity index (χ0) is 25.1. The van der Waals surface area contributed by atoms with Gasteiger partial charge in [0.1, 0.15) is 5.82 Å². The highest BCUT2D eigenvalue weighted by Gasteiger charge is 2.29. The van der Waals surface area contributed by atoms with Crippen LogP contribution in [0.2, 0.25) is 0 Å². The van der Waals surface area contributed by atoms with E-state index in [-0.39, 0.29) is 37.3 Å². The number of nitrogens with one attached hydrogen (secondary N) is 2. The molecule has 0 unspecified atom stereocenters. The summed E-state index contributed by atoms with van der Waals surface area (Å²) < 4.78 is 15.2. The average molecular weight is 484 g/mol. The lowest BCUT2D eigenvalue weighted by atomic mass is 10.1. The van der Waals surface area contributed by atoms with E-state index >= 15 is 0 Å². The van der Waals surface area contributed by atoms with Crippen LogP contribution in [0, 0.1) is 5.82 Å². The van der Waals surface area contributed by atoms with Gasteiger partial charge in [0.15, 0.2) is 0 Å². The molecule has 0 aliphatic carbocycles. The van der Waals surface area contributed by atoms with Crippen molar-refractivity contribution in [2.24, 2.45) is 0 Å². The normalized spacial score (nSPS) is 13.1. The molecule has 36 heavy (non-hydrogen) atoms. The van der Waals surface area contributed by atoms with Gasteiger partial charge in [-0.3, -0.25) is 14.5 Å². The van der Waals surface area contributed by atoms with E-state index in [1.54, 1.807) is 41.1 Å². The topological polar surface area (TPSA) is 96.3 Å². The Balaban J connectivity index is 1.40. The monoisotopic (exact) mass is 483 g/mol. The van der Waals surface area contributed by atoms with Crippen LogP contribution in [-0.2, 0) is 17.9 Å². The molecule has 180 valence electrons. The first-order chi connectivity index (χ1) is 17.5. The van der Waals surface area contributed by atoms with Gasteiger partial charge in [-0.2, -0.15) is 5.10 Å². The molecule has 1 saturated heterocycles. The van der Waals surface area contributed by atoms with E-state index in [1.165, 1.54) is 12.1 Å². The van der Waals surface area contributed by atoms with Crippen LogP contribution in [0.3, 0.4) is 0 Å². The number of nitrogens with zero attached hydrogens (tertiary/aromatic N) is 3. The Morgan fingerprint density at radius 2 is 1.67 bits per heavy atom.